The average molecular weight is 389 g/mol. The highest BCUT2D eigenvalue weighted by Gasteiger charge is 2.38. The van der Waals surface area contributed by atoms with Crippen LogP contribution in [-0.2, 0) is 22.6 Å². The minimum Gasteiger partial charge on any atom is -0.389 e. The summed E-state index contributed by atoms with van der Waals surface area (Å²) in [6.45, 7) is 0.227. The molecule has 6 nitrogen and oxygen atoms in total. The molecule has 0 aromatic heterocycles. The van der Waals surface area contributed by atoms with E-state index >= 15 is 0 Å². The Morgan fingerprint density at radius 1 is 1.07 bits per heavy atom. The van der Waals surface area contributed by atoms with Gasteiger partial charge in [0.2, 0.25) is 0 Å². The maximum Gasteiger partial charge on any atom is 0.324 e. The van der Waals surface area contributed by atoms with Crippen LogP contribution in [0.15, 0.2) is 54.6 Å². The van der Waals surface area contributed by atoms with Crippen molar-refractivity contribution >= 4 is 23.5 Å². The zero-order valence-electron chi connectivity index (χ0n) is 14.7. The molecule has 1 aliphatic heterocycles. The summed E-state index contributed by atoms with van der Waals surface area (Å²) in [6, 6.07) is 15.6. The van der Waals surface area contributed by atoms with Crippen LogP contribution >= 0.6 is 11.6 Å². The normalized spacial score (nSPS) is 17.9. The predicted octanol–water partition coefficient (Wildman–Crippen LogP) is 2.38. The second-order valence-corrected chi connectivity index (χ2v) is 6.87. The summed E-state index contributed by atoms with van der Waals surface area (Å²) in [5.41, 5.74) is 1.88. The standard InChI is InChI=1S/C20H21ClN2O4/c21-16-8-6-15(7-9-16)12-27-13-17(24)11-23-19(25)18(22-20(23)26)10-14-4-2-1-3-5-14/h1-9,17-18,24H,10-13H2,(H,22,26). The van der Waals surface area contributed by atoms with Crippen molar-refractivity contribution in [1.29, 1.82) is 0 Å². The molecule has 2 aromatic rings. The van der Waals surface area contributed by atoms with E-state index in [4.69, 9.17) is 16.3 Å². The van der Waals surface area contributed by atoms with Gasteiger partial charge in [0.1, 0.15) is 6.04 Å². The molecule has 0 saturated carbocycles. The van der Waals surface area contributed by atoms with E-state index in [0.717, 1.165) is 16.0 Å². The van der Waals surface area contributed by atoms with Gasteiger partial charge in [0.15, 0.2) is 0 Å². The smallest absolute Gasteiger partial charge is 0.324 e. The minimum absolute atomic E-state index is 0.0169. The fourth-order valence-corrected chi connectivity index (χ4v) is 3.02. The first-order valence-electron chi connectivity index (χ1n) is 8.69. The van der Waals surface area contributed by atoms with Crippen molar-refractivity contribution < 1.29 is 19.4 Å². The zero-order chi connectivity index (χ0) is 19.2. The van der Waals surface area contributed by atoms with Gasteiger partial charge in [-0.15, -0.1) is 0 Å². The molecule has 2 unspecified atom stereocenters. The van der Waals surface area contributed by atoms with Gasteiger partial charge in [-0.05, 0) is 23.3 Å². The highest BCUT2D eigenvalue weighted by atomic mass is 35.5. The van der Waals surface area contributed by atoms with Gasteiger partial charge >= 0.3 is 6.03 Å². The van der Waals surface area contributed by atoms with Crippen molar-refractivity contribution in [2.45, 2.75) is 25.2 Å². The van der Waals surface area contributed by atoms with Crippen LogP contribution in [0.1, 0.15) is 11.1 Å². The topological polar surface area (TPSA) is 78.9 Å². The molecule has 1 heterocycles. The number of hydrogen-bond acceptors (Lipinski definition) is 4. The third kappa shape index (κ3) is 5.29. The lowest BCUT2D eigenvalue weighted by Gasteiger charge is -2.18. The molecule has 27 heavy (non-hydrogen) atoms. The highest BCUT2D eigenvalue weighted by molar-refractivity contribution is 6.30. The first-order chi connectivity index (χ1) is 13.0. The number of nitrogens with one attached hydrogen (secondary N) is 1. The Labute approximate surface area is 162 Å². The van der Waals surface area contributed by atoms with Crippen molar-refractivity contribution in [3.63, 3.8) is 0 Å². The van der Waals surface area contributed by atoms with Crippen LogP contribution in [0.5, 0.6) is 0 Å². The number of ether oxygens (including phenoxy) is 1. The van der Waals surface area contributed by atoms with Crippen LogP contribution in [0.2, 0.25) is 5.02 Å². The summed E-state index contributed by atoms with van der Waals surface area (Å²) in [7, 11) is 0. The van der Waals surface area contributed by atoms with Crippen LogP contribution < -0.4 is 5.32 Å². The summed E-state index contributed by atoms with van der Waals surface area (Å²) in [5, 5.41) is 13.4. The molecule has 0 spiro atoms. The summed E-state index contributed by atoms with van der Waals surface area (Å²) < 4.78 is 5.46. The molecule has 3 rings (SSSR count). The molecule has 0 aliphatic carbocycles. The maximum absolute atomic E-state index is 12.5. The van der Waals surface area contributed by atoms with Crippen LogP contribution in [0.3, 0.4) is 0 Å². The first kappa shape index (κ1) is 19.4. The number of amides is 3. The van der Waals surface area contributed by atoms with Crippen LogP contribution in [0.4, 0.5) is 4.79 Å². The lowest BCUT2D eigenvalue weighted by molar-refractivity contribution is -0.128. The van der Waals surface area contributed by atoms with E-state index in [-0.39, 0.29) is 19.1 Å². The SMILES string of the molecule is O=C1NC(Cc2ccccc2)C(=O)N1CC(O)COCc1ccc(Cl)cc1. The molecule has 2 N–H and O–H groups in total. The van der Waals surface area contributed by atoms with E-state index in [9.17, 15) is 14.7 Å². The maximum atomic E-state index is 12.5. The van der Waals surface area contributed by atoms with Gasteiger partial charge in [-0.1, -0.05) is 54.1 Å². The Morgan fingerprint density at radius 2 is 1.78 bits per heavy atom. The van der Waals surface area contributed by atoms with Gasteiger partial charge in [-0.2, -0.15) is 0 Å². The largest absolute Gasteiger partial charge is 0.389 e. The Morgan fingerprint density at radius 3 is 2.48 bits per heavy atom. The van der Waals surface area contributed by atoms with E-state index < -0.39 is 18.2 Å². The van der Waals surface area contributed by atoms with Crippen LogP contribution in [0, 0.1) is 0 Å². The number of benzene rings is 2. The molecule has 2 atom stereocenters. The number of halogens is 1. The second kappa shape index (κ2) is 8.99. The number of rotatable bonds is 8. The molecular formula is C20H21ClN2O4. The molecule has 1 saturated heterocycles. The lowest BCUT2D eigenvalue weighted by atomic mass is 10.1. The molecule has 0 bridgehead atoms. The number of imide groups is 1. The molecule has 7 heteroatoms. The van der Waals surface area contributed by atoms with Crippen molar-refractivity contribution in [2.75, 3.05) is 13.2 Å². The van der Waals surface area contributed by atoms with E-state index in [0.29, 0.717) is 18.1 Å². The van der Waals surface area contributed by atoms with Gasteiger partial charge in [-0.25, -0.2) is 4.79 Å². The lowest BCUT2D eigenvalue weighted by Crippen LogP contribution is -2.39. The number of hydrogen-bond donors (Lipinski definition) is 2. The number of carbonyl (C=O) groups is 2. The average Bonchev–Trinajstić information content (AvgIpc) is 2.92. The highest BCUT2D eigenvalue weighted by Crippen LogP contribution is 2.13. The van der Waals surface area contributed by atoms with Crippen molar-refractivity contribution in [1.82, 2.24) is 10.2 Å². The molecule has 3 amide bonds. The Balaban J connectivity index is 1.47. The van der Waals surface area contributed by atoms with Gasteiger partial charge < -0.3 is 15.2 Å². The number of urea groups is 1. The molecule has 0 radical (unpaired) electrons. The fourth-order valence-electron chi connectivity index (χ4n) is 2.89. The third-order valence-electron chi connectivity index (χ3n) is 4.28. The Bertz CT molecular complexity index is 782. The predicted molar refractivity (Wildman–Crippen MR) is 101 cm³/mol. The monoisotopic (exact) mass is 388 g/mol. The summed E-state index contributed by atoms with van der Waals surface area (Å²) >= 11 is 5.83. The molecule has 1 fully saturated rings. The second-order valence-electron chi connectivity index (χ2n) is 6.44. The van der Waals surface area contributed by atoms with Gasteiger partial charge in [0, 0.05) is 11.4 Å². The Kier molecular flexibility index (Phi) is 6.45. The molecule has 142 valence electrons. The number of carbonyl (C=O) groups excluding carboxylic acids is 2. The molecular weight excluding hydrogens is 368 g/mol. The van der Waals surface area contributed by atoms with E-state index in [1.54, 1.807) is 12.1 Å². The number of β-amino-alcohol motifs (C(OH)–C–C–N with tert-alkyl or cyclic N) is 1. The van der Waals surface area contributed by atoms with Gasteiger partial charge in [-0.3, -0.25) is 9.69 Å². The summed E-state index contributed by atoms with van der Waals surface area (Å²) in [5.74, 6) is -0.333. The Hall–Kier alpha value is -2.41. The number of aliphatic hydroxyl groups is 1. The van der Waals surface area contributed by atoms with Gasteiger partial charge in [0.05, 0.1) is 25.9 Å². The fraction of sp³-hybridized carbons (Fsp3) is 0.300. The van der Waals surface area contributed by atoms with E-state index in [2.05, 4.69) is 5.32 Å². The summed E-state index contributed by atoms with van der Waals surface area (Å²) in [6.07, 6.45) is -0.534. The molecule has 1 aliphatic rings. The summed E-state index contributed by atoms with van der Waals surface area (Å²) in [4.78, 5) is 25.6. The minimum atomic E-state index is -0.956. The van der Waals surface area contributed by atoms with Gasteiger partial charge in [0.25, 0.3) is 5.91 Å². The van der Waals surface area contributed by atoms with Crippen molar-refractivity contribution in [3.05, 3.63) is 70.7 Å². The van der Waals surface area contributed by atoms with E-state index in [1.807, 2.05) is 42.5 Å². The number of aliphatic hydroxyl groups excluding tert-OH is 1. The number of nitrogens with zero attached hydrogens (tertiary/aromatic N) is 1. The van der Waals surface area contributed by atoms with E-state index in [1.165, 1.54) is 0 Å². The van der Waals surface area contributed by atoms with Crippen molar-refractivity contribution in [2.24, 2.45) is 0 Å². The first-order valence-corrected chi connectivity index (χ1v) is 9.07. The van der Waals surface area contributed by atoms with Crippen LogP contribution in [-0.4, -0.2) is 47.2 Å². The zero-order valence-corrected chi connectivity index (χ0v) is 15.4. The third-order valence-corrected chi connectivity index (χ3v) is 4.53. The van der Waals surface area contributed by atoms with Crippen molar-refractivity contribution in [3.8, 4) is 0 Å². The quantitative estimate of drug-likeness (QED) is 0.680. The molecule has 2 aromatic carbocycles. The van der Waals surface area contributed by atoms with Crippen LogP contribution in [0.25, 0.3) is 0 Å².